The van der Waals surface area contributed by atoms with Crippen molar-refractivity contribution in [2.45, 2.75) is 13.3 Å². The maximum atomic E-state index is 10.3. The highest BCUT2D eigenvalue weighted by Gasteiger charge is 2.00. The fraction of sp³-hybridized carbons (Fsp3) is 0.278. The van der Waals surface area contributed by atoms with Crippen LogP contribution in [0.15, 0.2) is 48.5 Å². The molecule has 0 heterocycles. The SMILES string of the molecule is CCc1ccc(-c2ccc(OCCOCC(=O)O)cc2)cc1. The van der Waals surface area contributed by atoms with Crippen LogP contribution < -0.4 is 4.74 Å². The van der Waals surface area contributed by atoms with E-state index in [0.717, 1.165) is 17.7 Å². The Balaban J connectivity index is 1.85. The van der Waals surface area contributed by atoms with Crippen LogP contribution in [-0.2, 0) is 16.0 Å². The van der Waals surface area contributed by atoms with Crippen molar-refractivity contribution in [1.82, 2.24) is 0 Å². The zero-order valence-electron chi connectivity index (χ0n) is 12.6. The van der Waals surface area contributed by atoms with E-state index in [-0.39, 0.29) is 13.2 Å². The van der Waals surface area contributed by atoms with Gasteiger partial charge in [0.25, 0.3) is 0 Å². The lowest BCUT2D eigenvalue weighted by molar-refractivity contribution is -0.142. The van der Waals surface area contributed by atoms with E-state index in [1.807, 2.05) is 24.3 Å². The van der Waals surface area contributed by atoms with Gasteiger partial charge in [-0.25, -0.2) is 4.79 Å². The molecule has 4 heteroatoms. The van der Waals surface area contributed by atoms with Crippen molar-refractivity contribution in [3.05, 3.63) is 54.1 Å². The van der Waals surface area contributed by atoms with Crippen molar-refractivity contribution in [1.29, 1.82) is 0 Å². The minimum absolute atomic E-state index is 0.256. The molecule has 0 fully saturated rings. The summed E-state index contributed by atoms with van der Waals surface area (Å²) in [6.45, 7) is 2.43. The lowest BCUT2D eigenvalue weighted by atomic mass is 10.0. The number of hydrogen-bond acceptors (Lipinski definition) is 3. The Bertz CT molecular complexity index is 587. The summed E-state index contributed by atoms with van der Waals surface area (Å²) in [5.74, 6) is -0.230. The molecular weight excluding hydrogens is 280 g/mol. The van der Waals surface area contributed by atoms with Crippen molar-refractivity contribution in [3.8, 4) is 16.9 Å². The highest BCUT2D eigenvalue weighted by molar-refractivity contribution is 5.68. The van der Waals surface area contributed by atoms with E-state index in [0.29, 0.717) is 6.61 Å². The molecule has 0 aliphatic carbocycles. The van der Waals surface area contributed by atoms with Crippen molar-refractivity contribution in [2.24, 2.45) is 0 Å². The second kappa shape index (κ2) is 8.20. The third kappa shape index (κ3) is 4.90. The van der Waals surface area contributed by atoms with Crippen LogP contribution in [0, 0.1) is 0 Å². The minimum Gasteiger partial charge on any atom is -0.491 e. The molecule has 2 aromatic carbocycles. The molecule has 4 nitrogen and oxygen atoms in total. The van der Waals surface area contributed by atoms with E-state index in [1.54, 1.807) is 0 Å². The molecule has 2 aromatic rings. The number of hydrogen-bond donors (Lipinski definition) is 1. The zero-order valence-corrected chi connectivity index (χ0v) is 12.6. The van der Waals surface area contributed by atoms with Gasteiger partial charge in [0.15, 0.2) is 0 Å². The van der Waals surface area contributed by atoms with Crippen LogP contribution in [0.2, 0.25) is 0 Å². The number of carboxylic acid groups (broad SMARTS) is 1. The fourth-order valence-electron chi connectivity index (χ4n) is 2.05. The highest BCUT2D eigenvalue weighted by Crippen LogP contribution is 2.22. The summed E-state index contributed by atoms with van der Waals surface area (Å²) in [7, 11) is 0. The smallest absolute Gasteiger partial charge is 0.329 e. The standard InChI is InChI=1S/C18H20O4/c1-2-14-3-5-15(6-4-14)16-7-9-17(10-8-16)22-12-11-21-13-18(19)20/h3-10H,2,11-13H2,1H3,(H,19,20). The Morgan fingerprint density at radius 1 is 0.955 bits per heavy atom. The largest absolute Gasteiger partial charge is 0.491 e. The van der Waals surface area contributed by atoms with E-state index in [4.69, 9.17) is 14.6 Å². The lowest BCUT2D eigenvalue weighted by Crippen LogP contribution is -2.12. The summed E-state index contributed by atoms with van der Waals surface area (Å²) in [6.07, 6.45) is 1.04. The summed E-state index contributed by atoms with van der Waals surface area (Å²) in [5.41, 5.74) is 3.63. The summed E-state index contributed by atoms with van der Waals surface area (Å²) in [5, 5.41) is 8.44. The molecule has 116 valence electrons. The van der Waals surface area contributed by atoms with Crippen LogP contribution in [0.1, 0.15) is 12.5 Å². The monoisotopic (exact) mass is 300 g/mol. The summed E-state index contributed by atoms with van der Waals surface area (Å²) in [4.78, 5) is 10.3. The molecule has 22 heavy (non-hydrogen) atoms. The van der Waals surface area contributed by atoms with E-state index in [9.17, 15) is 4.79 Å². The van der Waals surface area contributed by atoms with Crippen LogP contribution in [0.4, 0.5) is 0 Å². The van der Waals surface area contributed by atoms with Crippen molar-refractivity contribution < 1.29 is 19.4 Å². The van der Waals surface area contributed by atoms with Crippen LogP contribution in [-0.4, -0.2) is 30.9 Å². The van der Waals surface area contributed by atoms with Gasteiger partial charge < -0.3 is 14.6 Å². The van der Waals surface area contributed by atoms with Gasteiger partial charge in [0.05, 0.1) is 6.61 Å². The van der Waals surface area contributed by atoms with Gasteiger partial charge >= 0.3 is 5.97 Å². The number of carboxylic acids is 1. The molecule has 0 atom stereocenters. The maximum Gasteiger partial charge on any atom is 0.329 e. The van der Waals surface area contributed by atoms with Crippen molar-refractivity contribution in [2.75, 3.05) is 19.8 Å². The van der Waals surface area contributed by atoms with Gasteiger partial charge in [0.2, 0.25) is 0 Å². The number of rotatable bonds is 8. The van der Waals surface area contributed by atoms with Gasteiger partial charge in [0, 0.05) is 0 Å². The van der Waals surface area contributed by atoms with E-state index < -0.39 is 5.97 Å². The first-order valence-electron chi connectivity index (χ1n) is 7.30. The first-order valence-corrected chi connectivity index (χ1v) is 7.30. The minimum atomic E-state index is -0.974. The topological polar surface area (TPSA) is 55.8 Å². The van der Waals surface area contributed by atoms with Crippen molar-refractivity contribution in [3.63, 3.8) is 0 Å². The van der Waals surface area contributed by atoms with Gasteiger partial charge in [-0.05, 0) is 35.2 Å². The third-order valence-electron chi connectivity index (χ3n) is 3.27. The van der Waals surface area contributed by atoms with Gasteiger partial charge in [-0.3, -0.25) is 0 Å². The Hall–Kier alpha value is -2.33. The summed E-state index contributed by atoms with van der Waals surface area (Å²) < 4.78 is 10.4. The van der Waals surface area contributed by atoms with Crippen molar-refractivity contribution >= 4 is 5.97 Å². The highest BCUT2D eigenvalue weighted by atomic mass is 16.5. The maximum absolute atomic E-state index is 10.3. The van der Waals surface area contributed by atoms with Gasteiger partial charge in [-0.1, -0.05) is 43.3 Å². The first-order chi connectivity index (χ1) is 10.7. The van der Waals surface area contributed by atoms with E-state index in [1.165, 1.54) is 11.1 Å². The number of benzene rings is 2. The van der Waals surface area contributed by atoms with Gasteiger partial charge in [-0.15, -0.1) is 0 Å². The zero-order chi connectivity index (χ0) is 15.8. The third-order valence-corrected chi connectivity index (χ3v) is 3.27. The van der Waals surface area contributed by atoms with Crippen LogP contribution in [0.25, 0.3) is 11.1 Å². The van der Waals surface area contributed by atoms with Crippen LogP contribution >= 0.6 is 0 Å². The van der Waals surface area contributed by atoms with E-state index >= 15 is 0 Å². The molecule has 1 N–H and O–H groups in total. The molecule has 0 saturated carbocycles. The molecule has 0 amide bonds. The molecule has 0 saturated heterocycles. The Labute approximate surface area is 130 Å². The molecule has 2 rings (SSSR count). The van der Waals surface area contributed by atoms with Gasteiger partial charge in [-0.2, -0.15) is 0 Å². The fourth-order valence-corrected chi connectivity index (χ4v) is 2.05. The lowest BCUT2D eigenvalue weighted by Gasteiger charge is -2.08. The molecule has 0 radical (unpaired) electrons. The quantitative estimate of drug-likeness (QED) is 0.759. The van der Waals surface area contributed by atoms with Crippen LogP contribution in [0.5, 0.6) is 5.75 Å². The molecular formula is C18H20O4. The summed E-state index contributed by atoms with van der Waals surface area (Å²) in [6, 6.07) is 16.3. The summed E-state index contributed by atoms with van der Waals surface area (Å²) >= 11 is 0. The molecule has 0 spiro atoms. The molecule has 0 aromatic heterocycles. The molecule has 0 aliphatic heterocycles. The predicted molar refractivity (Wildman–Crippen MR) is 85.2 cm³/mol. The Morgan fingerprint density at radius 3 is 2.09 bits per heavy atom. The number of aliphatic carboxylic acids is 1. The van der Waals surface area contributed by atoms with Crippen LogP contribution in [0.3, 0.4) is 0 Å². The molecule has 0 aliphatic rings. The average molecular weight is 300 g/mol. The second-order valence-electron chi connectivity index (χ2n) is 4.87. The normalized spacial score (nSPS) is 10.4. The first kappa shape index (κ1) is 16.0. The Kier molecular flexibility index (Phi) is 5.98. The molecule has 0 bridgehead atoms. The number of ether oxygens (including phenoxy) is 2. The average Bonchev–Trinajstić information content (AvgIpc) is 2.55. The number of carbonyl (C=O) groups is 1. The molecule has 0 unspecified atom stereocenters. The van der Waals surface area contributed by atoms with E-state index in [2.05, 4.69) is 31.2 Å². The predicted octanol–water partition coefficient (Wildman–Crippen LogP) is 3.40. The second-order valence-corrected chi connectivity index (χ2v) is 4.87. The number of aryl methyl sites for hydroxylation is 1. The Morgan fingerprint density at radius 2 is 1.55 bits per heavy atom. The van der Waals surface area contributed by atoms with Gasteiger partial charge in [0.1, 0.15) is 19.0 Å².